The zero-order chi connectivity index (χ0) is 20.5. The van der Waals surface area contributed by atoms with Gasteiger partial charge in [0.2, 0.25) is 0 Å². The van der Waals surface area contributed by atoms with Gasteiger partial charge in [0, 0.05) is 17.8 Å². The van der Waals surface area contributed by atoms with Gasteiger partial charge in [-0.15, -0.1) is 11.3 Å². The summed E-state index contributed by atoms with van der Waals surface area (Å²) >= 11 is 1.38. The lowest BCUT2D eigenvalue weighted by molar-refractivity contribution is 0.0730. The lowest BCUT2D eigenvalue weighted by Crippen LogP contribution is -2.31. The fourth-order valence-corrected chi connectivity index (χ4v) is 4.54. The largest absolute Gasteiger partial charge is 0.340 e. The number of aromatic nitrogens is 2. The molecular weight excluding hydrogens is 396 g/mol. The SMILES string of the molecule is O=C(Nc1cccc(C(=O)N2CCC[C@@H]2c2nc3ccccc3[nH]2)c1)c1cccs1. The number of benzene rings is 2. The molecule has 0 bridgehead atoms. The molecule has 1 aliphatic heterocycles. The summed E-state index contributed by atoms with van der Waals surface area (Å²) in [6.45, 7) is 0.687. The maximum absolute atomic E-state index is 13.3. The average Bonchev–Trinajstić information content (AvgIpc) is 3.53. The first kappa shape index (κ1) is 18.6. The van der Waals surface area contributed by atoms with Crippen LogP contribution in [0.25, 0.3) is 11.0 Å². The van der Waals surface area contributed by atoms with Crippen molar-refractivity contribution >= 4 is 39.9 Å². The molecule has 2 aromatic heterocycles. The van der Waals surface area contributed by atoms with Crippen LogP contribution >= 0.6 is 11.3 Å². The summed E-state index contributed by atoms with van der Waals surface area (Å²) in [4.78, 5) is 36.2. The van der Waals surface area contributed by atoms with Crippen molar-refractivity contribution < 1.29 is 9.59 Å². The number of hydrogen-bond donors (Lipinski definition) is 2. The lowest BCUT2D eigenvalue weighted by atomic mass is 10.1. The van der Waals surface area contributed by atoms with Crippen LogP contribution in [-0.4, -0.2) is 33.2 Å². The van der Waals surface area contributed by atoms with Crippen molar-refractivity contribution in [2.75, 3.05) is 11.9 Å². The second-order valence-corrected chi connectivity index (χ2v) is 8.26. The van der Waals surface area contributed by atoms with Crippen LogP contribution in [0, 0.1) is 0 Å². The predicted octanol–water partition coefficient (Wildman–Crippen LogP) is 4.85. The summed E-state index contributed by atoms with van der Waals surface area (Å²) in [6, 6.07) is 18.5. The van der Waals surface area contributed by atoms with Crippen LogP contribution in [-0.2, 0) is 0 Å². The van der Waals surface area contributed by atoms with Crippen LogP contribution in [0.15, 0.2) is 66.0 Å². The minimum atomic E-state index is -0.170. The lowest BCUT2D eigenvalue weighted by Gasteiger charge is -2.23. The number of hydrogen-bond acceptors (Lipinski definition) is 4. The Morgan fingerprint density at radius 3 is 2.83 bits per heavy atom. The highest BCUT2D eigenvalue weighted by Gasteiger charge is 2.32. The number of nitrogens with one attached hydrogen (secondary N) is 2. The van der Waals surface area contributed by atoms with Crippen molar-refractivity contribution in [3.8, 4) is 0 Å². The second-order valence-electron chi connectivity index (χ2n) is 7.31. The van der Waals surface area contributed by atoms with Crippen LogP contribution in [0.2, 0.25) is 0 Å². The highest BCUT2D eigenvalue weighted by Crippen LogP contribution is 2.33. The van der Waals surface area contributed by atoms with Crippen LogP contribution in [0.1, 0.15) is 44.7 Å². The minimum absolute atomic E-state index is 0.0508. The van der Waals surface area contributed by atoms with E-state index in [1.165, 1.54) is 11.3 Å². The van der Waals surface area contributed by atoms with E-state index in [1.807, 2.05) is 40.6 Å². The van der Waals surface area contributed by atoms with Gasteiger partial charge in [0.1, 0.15) is 5.82 Å². The monoisotopic (exact) mass is 416 g/mol. The molecule has 150 valence electrons. The fraction of sp³-hybridized carbons (Fsp3) is 0.174. The molecule has 0 saturated carbocycles. The molecule has 5 rings (SSSR count). The molecule has 6 nitrogen and oxygen atoms in total. The van der Waals surface area contributed by atoms with Gasteiger partial charge in [-0.1, -0.05) is 24.3 Å². The zero-order valence-corrected chi connectivity index (χ0v) is 17.0. The van der Waals surface area contributed by atoms with Crippen LogP contribution in [0.4, 0.5) is 5.69 Å². The molecule has 2 amide bonds. The number of amides is 2. The van der Waals surface area contributed by atoms with Crippen molar-refractivity contribution in [3.05, 3.63) is 82.3 Å². The van der Waals surface area contributed by atoms with Gasteiger partial charge in [-0.05, 0) is 54.6 Å². The van der Waals surface area contributed by atoms with Gasteiger partial charge in [0.05, 0.1) is 22.0 Å². The van der Waals surface area contributed by atoms with Gasteiger partial charge >= 0.3 is 0 Å². The zero-order valence-electron chi connectivity index (χ0n) is 16.2. The molecule has 4 aromatic rings. The predicted molar refractivity (Wildman–Crippen MR) is 118 cm³/mol. The van der Waals surface area contributed by atoms with E-state index in [4.69, 9.17) is 4.98 Å². The van der Waals surface area contributed by atoms with Crippen LogP contribution < -0.4 is 5.32 Å². The third kappa shape index (κ3) is 3.48. The van der Waals surface area contributed by atoms with Crippen LogP contribution in [0.3, 0.4) is 0 Å². The van der Waals surface area contributed by atoms with Crippen molar-refractivity contribution in [1.82, 2.24) is 14.9 Å². The first-order valence-corrected chi connectivity index (χ1v) is 10.8. The Labute approximate surface area is 177 Å². The number of para-hydroxylation sites is 2. The van der Waals surface area contributed by atoms with Crippen LogP contribution in [0.5, 0.6) is 0 Å². The second kappa shape index (κ2) is 7.76. The van der Waals surface area contributed by atoms with Gasteiger partial charge in [-0.25, -0.2) is 4.98 Å². The number of imidazole rings is 1. The topological polar surface area (TPSA) is 78.1 Å². The molecule has 1 atom stereocenters. The number of H-pyrrole nitrogens is 1. The summed E-state index contributed by atoms with van der Waals surface area (Å²) in [5.41, 5.74) is 3.05. The number of anilines is 1. The number of rotatable bonds is 4. The van der Waals surface area contributed by atoms with E-state index < -0.39 is 0 Å². The highest BCUT2D eigenvalue weighted by molar-refractivity contribution is 7.12. The molecule has 0 aliphatic carbocycles. The summed E-state index contributed by atoms with van der Waals surface area (Å²) in [6.07, 6.45) is 1.81. The van der Waals surface area contributed by atoms with Crippen molar-refractivity contribution in [1.29, 1.82) is 0 Å². The fourth-order valence-electron chi connectivity index (χ4n) is 3.92. The summed E-state index contributed by atoms with van der Waals surface area (Å²) < 4.78 is 0. The molecule has 3 heterocycles. The number of fused-ring (bicyclic) bond motifs is 1. The third-order valence-corrected chi connectivity index (χ3v) is 6.22. The quantitative estimate of drug-likeness (QED) is 0.499. The number of likely N-dealkylation sites (tertiary alicyclic amines) is 1. The summed E-state index contributed by atoms with van der Waals surface area (Å²) in [5.74, 6) is 0.602. The Morgan fingerprint density at radius 2 is 2.00 bits per heavy atom. The highest BCUT2D eigenvalue weighted by atomic mass is 32.1. The minimum Gasteiger partial charge on any atom is -0.340 e. The van der Waals surface area contributed by atoms with E-state index in [0.29, 0.717) is 22.7 Å². The van der Waals surface area contributed by atoms with E-state index in [9.17, 15) is 9.59 Å². The first-order valence-electron chi connectivity index (χ1n) is 9.89. The van der Waals surface area contributed by atoms with E-state index in [0.717, 1.165) is 29.7 Å². The van der Waals surface area contributed by atoms with E-state index >= 15 is 0 Å². The number of carbonyl (C=O) groups is 2. The molecule has 30 heavy (non-hydrogen) atoms. The normalized spacial score (nSPS) is 16.1. The third-order valence-electron chi connectivity index (χ3n) is 5.35. The maximum atomic E-state index is 13.3. The molecule has 1 saturated heterocycles. The van der Waals surface area contributed by atoms with Crippen molar-refractivity contribution in [2.45, 2.75) is 18.9 Å². The van der Waals surface area contributed by atoms with Gasteiger partial charge < -0.3 is 15.2 Å². The molecule has 0 unspecified atom stereocenters. The average molecular weight is 417 g/mol. The Morgan fingerprint density at radius 1 is 1.10 bits per heavy atom. The smallest absolute Gasteiger partial charge is 0.265 e. The van der Waals surface area contributed by atoms with Crippen molar-refractivity contribution in [2.24, 2.45) is 0 Å². The Bertz CT molecular complexity index is 1180. The molecule has 1 fully saturated rings. The van der Waals surface area contributed by atoms with Gasteiger partial charge in [-0.3, -0.25) is 9.59 Å². The molecular formula is C23H20N4O2S. The summed E-state index contributed by atoms with van der Waals surface area (Å²) in [5, 5.41) is 4.73. The van der Waals surface area contributed by atoms with E-state index in [1.54, 1.807) is 30.3 Å². The standard InChI is InChI=1S/C23H20N4O2S/c28-22(20-11-5-13-30-20)24-16-7-3-6-15(14-16)23(29)27-12-4-10-19(27)21-25-17-8-1-2-9-18(17)26-21/h1-3,5-9,11,13-14,19H,4,10,12H2,(H,24,28)(H,25,26)/t19-/m1/s1. The van der Waals surface area contributed by atoms with E-state index in [-0.39, 0.29) is 17.9 Å². The Balaban J connectivity index is 1.37. The number of carbonyl (C=O) groups excluding carboxylic acids is 2. The Hall–Kier alpha value is -3.45. The van der Waals surface area contributed by atoms with Gasteiger partial charge in [-0.2, -0.15) is 0 Å². The molecule has 2 aromatic carbocycles. The van der Waals surface area contributed by atoms with Gasteiger partial charge in [0.25, 0.3) is 11.8 Å². The van der Waals surface area contributed by atoms with Crippen molar-refractivity contribution in [3.63, 3.8) is 0 Å². The Kier molecular flexibility index (Phi) is 4.80. The first-order chi connectivity index (χ1) is 14.7. The van der Waals surface area contributed by atoms with Gasteiger partial charge in [0.15, 0.2) is 0 Å². The number of thiophene rings is 1. The number of nitrogens with zero attached hydrogens (tertiary/aromatic N) is 2. The maximum Gasteiger partial charge on any atom is 0.265 e. The molecule has 0 spiro atoms. The molecule has 2 N–H and O–H groups in total. The molecule has 0 radical (unpaired) electrons. The molecule has 1 aliphatic rings. The van der Waals surface area contributed by atoms with E-state index in [2.05, 4.69) is 10.3 Å². The summed E-state index contributed by atoms with van der Waals surface area (Å²) in [7, 11) is 0. The number of aromatic amines is 1. The molecule has 7 heteroatoms.